The normalized spacial score (nSPS) is 12.0. The molecule has 0 aliphatic carbocycles. The average molecular weight is 1950 g/mol. The molecule has 6 aromatic heterocycles. The molecule has 0 unspecified atom stereocenters. The van der Waals surface area contributed by atoms with Gasteiger partial charge in [0.2, 0.25) is 0 Å². The molecular weight excluding hydrogens is 1870 g/mol. The highest BCUT2D eigenvalue weighted by molar-refractivity contribution is 7.27. The van der Waals surface area contributed by atoms with Gasteiger partial charge in [-0.3, -0.25) is 0 Å². The Hall–Kier alpha value is -19.4. The van der Waals surface area contributed by atoms with Crippen molar-refractivity contribution < 1.29 is 17.7 Å². The molecule has 0 aliphatic rings. The van der Waals surface area contributed by atoms with Crippen molar-refractivity contribution in [3.8, 4) is 22.3 Å². The molecule has 150 heavy (non-hydrogen) atoms. The zero-order valence-corrected chi connectivity index (χ0v) is 82.4. The molecule has 0 spiro atoms. The number of benzene rings is 26. The quantitative estimate of drug-likeness (QED) is 0.0998. The van der Waals surface area contributed by atoms with Gasteiger partial charge in [0.25, 0.3) is 0 Å². The number of anilines is 12. The molecule has 10 heteroatoms. The van der Waals surface area contributed by atoms with Crippen LogP contribution >= 0.6 is 22.7 Å². The molecular formula is C140H84N4O4S2. The van der Waals surface area contributed by atoms with Crippen LogP contribution in [0, 0.1) is 0 Å². The zero-order chi connectivity index (χ0) is 98.3. The summed E-state index contributed by atoms with van der Waals surface area (Å²) >= 11 is 3.76. The van der Waals surface area contributed by atoms with E-state index in [0.29, 0.717) is 0 Å². The molecule has 0 bridgehead atoms. The molecule has 6 heterocycles. The highest BCUT2D eigenvalue weighted by Gasteiger charge is 2.29. The van der Waals surface area contributed by atoms with E-state index >= 15 is 0 Å². The SMILES string of the molecule is c1ccc(-c2ccccc2N(c2ccc3c(c2)sc2c4ccc(N(c5ccc6oc7ccccc7c6c5)c5ccccc5-c5ccccc5)cc4c4ccccc4c32)c2ccc3oc4ccccc4c3c2)cc1.c1ccc2c(c1)ccc1ccc(N(c3ccc4c(c3)sc3c5ccc(N(c6ccc7ccc8ccccc8c7c6)c6ccc7oc8ccccc8c7c6)cc5c5ccccc5c43)c3ccc4oc5ccccc5c4c3)cc12. The number of furan rings is 4. The second kappa shape index (κ2) is 34.1. The maximum atomic E-state index is 6.37. The van der Waals surface area contributed by atoms with Crippen molar-refractivity contribution in [3.05, 3.63) is 510 Å². The number of thiophene rings is 2. The fourth-order valence-electron chi connectivity index (χ4n) is 23.9. The summed E-state index contributed by atoms with van der Waals surface area (Å²) in [4.78, 5) is 9.68. The van der Waals surface area contributed by atoms with Gasteiger partial charge in [-0.2, -0.15) is 0 Å². The second-order valence-corrected chi connectivity index (χ2v) is 41.2. The predicted molar refractivity (Wildman–Crippen MR) is 637 cm³/mol. The number of fused-ring (bicyclic) bond motifs is 34. The number of rotatable bonds is 14. The molecule has 32 aromatic rings. The Bertz CT molecular complexity index is 11200. The highest BCUT2D eigenvalue weighted by atomic mass is 32.1. The number of hydrogen-bond donors (Lipinski definition) is 0. The summed E-state index contributed by atoms with van der Waals surface area (Å²) in [6.45, 7) is 0. The third-order valence-electron chi connectivity index (χ3n) is 30.8. The van der Waals surface area contributed by atoms with Gasteiger partial charge in [0.05, 0.1) is 11.4 Å². The van der Waals surface area contributed by atoms with Crippen molar-refractivity contribution in [1.82, 2.24) is 0 Å². The van der Waals surface area contributed by atoms with Crippen LogP contribution in [0.5, 0.6) is 0 Å². The van der Waals surface area contributed by atoms with Crippen molar-refractivity contribution in [2.75, 3.05) is 19.6 Å². The van der Waals surface area contributed by atoms with E-state index in [1.807, 2.05) is 59.1 Å². The maximum absolute atomic E-state index is 6.37. The standard InChI is InChI=1S/C72H42N2O2S.C68H42N2O2S/c1-3-13-53-43(11-1)21-23-45-25-27-47(37-61(45)53)73(50-31-35-68-64(40-50)56-16-7-9-19-66(56)75-68)49-29-33-59-63(39-49)55-15-5-6-18-58(55)71-60-34-30-52(42-70(60)77-72(59)71)74(51-32-36-69-65(41-51)57-17-8-10-20-67(57)76-69)48-28-26-46-24-22-44-12-2-4-14-54(44)62(46)38-48;1-3-17-43(18-4-1)49-21-9-13-27-60(49)69(46-33-37-64-58(40-46)52-24-11-15-29-62(52)71-64)45-31-35-55-57(39-45)51-23-7-8-26-54(51)67-56-36-32-48(42-66(56)73-68(55)67)70(61-28-14-10-22-50(61)44-19-5-2-6-20-44)47-34-38-65-59(41-47)53-25-12-16-30-63(53)72-65/h1-42H;1-42H. The van der Waals surface area contributed by atoms with Gasteiger partial charge < -0.3 is 37.3 Å². The lowest BCUT2D eigenvalue weighted by molar-refractivity contribution is 0.668. The summed E-state index contributed by atoms with van der Waals surface area (Å²) in [7, 11) is 0. The van der Waals surface area contributed by atoms with Gasteiger partial charge in [0, 0.05) is 162 Å². The molecule has 700 valence electrons. The fourth-order valence-corrected chi connectivity index (χ4v) is 26.5. The highest BCUT2D eigenvalue weighted by Crippen LogP contribution is 2.55. The van der Waals surface area contributed by atoms with Crippen LogP contribution in [-0.4, -0.2) is 0 Å². The lowest BCUT2D eigenvalue weighted by Gasteiger charge is -2.28. The van der Waals surface area contributed by atoms with Crippen LogP contribution in [0.4, 0.5) is 68.2 Å². The van der Waals surface area contributed by atoms with Crippen LogP contribution in [-0.2, 0) is 0 Å². The molecule has 0 radical (unpaired) electrons. The van der Waals surface area contributed by atoms with Gasteiger partial charge in [0.1, 0.15) is 44.7 Å². The zero-order valence-electron chi connectivity index (χ0n) is 80.7. The molecule has 0 amide bonds. The van der Waals surface area contributed by atoms with Crippen molar-refractivity contribution in [3.63, 3.8) is 0 Å². The first-order valence-electron chi connectivity index (χ1n) is 50.9. The van der Waals surface area contributed by atoms with E-state index in [0.717, 1.165) is 178 Å². The molecule has 0 saturated carbocycles. The Kier molecular flexibility index (Phi) is 19.4. The third-order valence-corrected chi connectivity index (χ3v) is 33.1. The summed E-state index contributed by atoms with van der Waals surface area (Å²) in [6, 6.07) is 185. The predicted octanol–water partition coefficient (Wildman–Crippen LogP) is 42.1. The van der Waals surface area contributed by atoms with Gasteiger partial charge in [0.15, 0.2) is 0 Å². The van der Waals surface area contributed by atoms with Crippen LogP contribution in [0.2, 0.25) is 0 Å². The molecule has 8 nitrogen and oxygen atoms in total. The van der Waals surface area contributed by atoms with E-state index in [1.165, 1.54) is 127 Å². The Morgan fingerprint density at radius 2 is 0.380 bits per heavy atom. The molecule has 0 fully saturated rings. The summed E-state index contributed by atoms with van der Waals surface area (Å²) in [5, 5.41) is 33.5. The summed E-state index contributed by atoms with van der Waals surface area (Å²) in [5.74, 6) is 0. The molecule has 26 aromatic carbocycles. The van der Waals surface area contributed by atoms with E-state index in [2.05, 4.69) is 493 Å². The first kappa shape index (κ1) is 85.1. The van der Waals surface area contributed by atoms with E-state index < -0.39 is 0 Å². The minimum absolute atomic E-state index is 0.872. The topological polar surface area (TPSA) is 65.5 Å². The van der Waals surface area contributed by atoms with Crippen molar-refractivity contribution in [2.24, 2.45) is 0 Å². The smallest absolute Gasteiger partial charge is 0.135 e. The van der Waals surface area contributed by atoms with Crippen LogP contribution in [0.3, 0.4) is 0 Å². The van der Waals surface area contributed by atoms with Gasteiger partial charge in [-0.15, -0.1) is 22.7 Å². The van der Waals surface area contributed by atoms with Gasteiger partial charge in [-0.05, 0) is 269 Å². The van der Waals surface area contributed by atoms with Gasteiger partial charge >= 0.3 is 0 Å². The Morgan fingerprint density at radius 3 is 0.747 bits per heavy atom. The molecule has 0 saturated heterocycles. The van der Waals surface area contributed by atoms with Crippen molar-refractivity contribution in [2.45, 2.75) is 0 Å². The minimum atomic E-state index is 0.872. The molecule has 32 rings (SSSR count). The summed E-state index contributed by atoms with van der Waals surface area (Å²) < 4.78 is 30.5. The van der Waals surface area contributed by atoms with Crippen LogP contribution in [0.1, 0.15) is 0 Å². The van der Waals surface area contributed by atoms with Gasteiger partial charge in [-0.1, -0.05) is 328 Å². The number of nitrogens with zero attached hydrogens (tertiary/aromatic N) is 4. The van der Waals surface area contributed by atoms with Gasteiger partial charge in [-0.25, -0.2) is 0 Å². The van der Waals surface area contributed by atoms with E-state index in [4.69, 9.17) is 17.7 Å². The first-order valence-corrected chi connectivity index (χ1v) is 52.6. The number of hydrogen-bond acceptors (Lipinski definition) is 10. The van der Waals surface area contributed by atoms with Crippen molar-refractivity contribution >= 4 is 305 Å². The summed E-state index contributed by atoms with van der Waals surface area (Å²) in [6.07, 6.45) is 0. The third kappa shape index (κ3) is 13.7. The van der Waals surface area contributed by atoms with Crippen molar-refractivity contribution in [1.29, 1.82) is 0 Å². The van der Waals surface area contributed by atoms with E-state index in [1.54, 1.807) is 0 Å². The molecule has 0 aliphatic heterocycles. The number of para-hydroxylation sites is 6. The lowest BCUT2D eigenvalue weighted by atomic mass is 9.96. The maximum Gasteiger partial charge on any atom is 0.135 e. The van der Waals surface area contributed by atoms with Crippen LogP contribution in [0.25, 0.3) is 237 Å². The van der Waals surface area contributed by atoms with Crippen LogP contribution in [0.15, 0.2) is 527 Å². The largest absolute Gasteiger partial charge is 0.456 e. The monoisotopic (exact) mass is 1950 g/mol. The van der Waals surface area contributed by atoms with Crippen LogP contribution < -0.4 is 19.6 Å². The minimum Gasteiger partial charge on any atom is -0.456 e. The Morgan fingerprint density at radius 1 is 0.140 bits per heavy atom. The Balaban J connectivity index is 0.000000135. The summed E-state index contributed by atoms with van der Waals surface area (Å²) in [5.41, 5.74) is 24.6. The van der Waals surface area contributed by atoms with E-state index in [-0.39, 0.29) is 0 Å². The Labute approximate surface area is 867 Å². The molecule has 0 N–H and O–H groups in total. The van der Waals surface area contributed by atoms with E-state index in [9.17, 15) is 0 Å². The second-order valence-electron chi connectivity index (χ2n) is 39.1. The fraction of sp³-hybridized carbons (Fsp3) is 0. The lowest BCUT2D eigenvalue weighted by Crippen LogP contribution is -2.11. The molecule has 0 atom stereocenters. The average Bonchev–Trinajstić information content (AvgIpc) is 1.55. The first-order chi connectivity index (χ1) is 74.3.